The van der Waals surface area contributed by atoms with Crippen LogP contribution in [0, 0.1) is 0 Å². The van der Waals surface area contributed by atoms with Gasteiger partial charge < -0.3 is 4.90 Å². The van der Waals surface area contributed by atoms with E-state index in [0.29, 0.717) is 6.04 Å². The number of rotatable bonds is 5. The SMILES string of the molecule is BCC(C=CCC)N(C)CC. The summed E-state index contributed by atoms with van der Waals surface area (Å²) >= 11 is 0. The molecule has 0 aliphatic carbocycles. The van der Waals surface area contributed by atoms with Gasteiger partial charge in [-0.3, -0.25) is 0 Å². The largest absolute Gasteiger partial charge is 0.301 e. The van der Waals surface area contributed by atoms with Gasteiger partial charge in [0.15, 0.2) is 0 Å². The van der Waals surface area contributed by atoms with Gasteiger partial charge >= 0.3 is 0 Å². The lowest BCUT2D eigenvalue weighted by atomic mass is 9.96. The topological polar surface area (TPSA) is 3.24 Å². The minimum atomic E-state index is 0.639. The zero-order valence-corrected chi connectivity index (χ0v) is 8.30. The van der Waals surface area contributed by atoms with Crippen molar-refractivity contribution in [3.8, 4) is 0 Å². The highest BCUT2D eigenvalue weighted by atomic mass is 15.1. The third-order valence-corrected chi connectivity index (χ3v) is 2.08. The maximum atomic E-state index is 2.37. The highest BCUT2D eigenvalue weighted by Crippen LogP contribution is 2.02. The minimum Gasteiger partial charge on any atom is -0.301 e. The molecule has 0 radical (unpaired) electrons. The predicted molar refractivity (Wildman–Crippen MR) is 54.9 cm³/mol. The fraction of sp³-hybridized carbons (Fsp3) is 0.778. The Morgan fingerprint density at radius 2 is 2.09 bits per heavy atom. The van der Waals surface area contributed by atoms with Gasteiger partial charge in [0.2, 0.25) is 0 Å². The molecule has 0 aromatic carbocycles. The van der Waals surface area contributed by atoms with E-state index in [0.717, 1.165) is 13.0 Å². The maximum Gasteiger partial charge on any atom is 0.103 e. The van der Waals surface area contributed by atoms with Gasteiger partial charge in [0.05, 0.1) is 0 Å². The van der Waals surface area contributed by atoms with Crippen molar-refractivity contribution < 1.29 is 0 Å². The van der Waals surface area contributed by atoms with E-state index >= 15 is 0 Å². The van der Waals surface area contributed by atoms with E-state index in [4.69, 9.17) is 0 Å². The van der Waals surface area contributed by atoms with E-state index in [2.05, 4.69) is 45.8 Å². The standard InChI is InChI=1S/C9H20BN/c1-4-6-7-9(8-10)11(3)5-2/h6-7,9H,4-5,8,10H2,1-3H3. The Kier molecular flexibility index (Phi) is 6.34. The Balaban J connectivity index is 3.83. The van der Waals surface area contributed by atoms with Crippen LogP contribution in [-0.4, -0.2) is 32.4 Å². The quantitative estimate of drug-likeness (QED) is 0.425. The van der Waals surface area contributed by atoms with E-state index in [1.807, 2.05) is 0 Å². The van der Waals surface area contributed by atoms with Crippen molar-refractivity contribution in [2.24, 2.45) is 0 Å². The van der Waals surface area contributed by atoms with Crippen molar-refractivity contribution in [1.29, 1.82) is 0 Å². The summed E-state index contributed by atoms with van der Waals surface area (Å²) < 4.78 is 0. The first-order chi connectivity index (χ1) is 5.26. The van der Waals surface area contributed by atoms with Crippen LogP contribution in [0.3, 0.4) is 0 Å². The third-order valence-electron chi connectivity index (χ3n) is 2.08. The van der Waals surface area contributed by atoms with E-state index in [1.54, 1.807) is 0 Å². The molecule has 0 bridgehead atoms. The van der Waals surface area contributed by atoms with Crippen LogP contribution in [0.4, 0.5) is 0 Å². The molecule has 0 rings (SSSR count). The van der Waals surface area contributed by atoms with Crippen molar-refractivity contribution in [1.82, 2.24) is 4.90 Å². The molecule has 1 atom stereocenters. The summed E-state index contributed by atoms with van der Waals surface area (Å²) in [5, 5.41) is 0. The number of allylic oxidation sites excluding steroid dienone is 1. The van der Waals surface area contributed by atoms with Gasteiger partial charge in [-0.25, -0.2) is 0 Å². The van der Waals surface area contributed by atoms with Gasteiger partial charge in [-0.05, 0) is 20.0 Å². The van der Waals surface area contributed by atoms with Crippen LogP contribution in [-0.2, 0) is 0 Å². The highest BCUT2D eigenvalue weighted by molar-refractivity contribution is 6.09. The summed E-state index contributed by atoms with van der Waals surface area (Å²) in [5.74, 6) is 0. The van der Waals surface area contributed by atoms with Gasteiger partial charge in [0.25, 0.3) is 0 Å². The van der Waals surface area contributed by atoms with Gasteiger partial charge in [0.1, 0.15) is 7.85 Å². The van der Waals surface area contributed by atoms with Gasteiger partial charge in [-0.2, -0.15) is 0 Å². The molecule has 0 saturated heterocycles. The zero-order chi connectivity index (χ0) is 8.69. The van der Waals surface area contributed by atoms with E-state index in [9.17, 15) is 0 Å². The first-order valence-electron chi connectivity index (χ1n) is 4.63. The molecule has 64 valence electrons. The second-order valence-electron chi connectivity index (χ2n) is 2.89. The first kappa shape index (κ1) is 10.8. The normalized spacial score (nSPS) is 14.5. The molecule has 0 aromatic rings. The van der Waals surface area contributed by atoms with Gasteiger partial charge in [-0.1, -0.05) is 32.3 Å². The van der Waals surface area contributed by atoms with Crippen LogP contribution in [0.1, 0.15) is 20.3 Å². The van der Waals surface area contributed by atoms with E-state index in [-0.39, 0.29) is 0 Å². The van der Waals surface area contributed by atoms with Crippen LogP contribution in [0.15, 0.2) is 12.2 Å². The number of likely N-dealkylation sites (N-methyl/N-ethyl adjacent to an activating group) is 1. The second kappa shape index (κ2) is 6.47. The van der Waals surface area contributed by atoms with Crippen LogP contribution in [0.25, 0.3) is 0 Å². The molecular formula is C9H20BN. The number of hydrogen-bond acceptors (Lipinski definition) is 1. The Morgan fingerprint density at radius 1 is 1.45 bits per heavy atom. The fourth-order valence-electron chi connectivity index (χ4n) is 1.12. The zero-order valence-electron chi connectivity index (χ0n) is 8.30. The van der Waals surface area contributed by atoms with Crippen LogP contribution < -0.4 is 0 Å². The molecule has 0 amide bonds. The molecule has 0 spiro atoms. The molecule has 0 aliphatic rings. The summed E-state index contributed by atoms with van der Waals surface area (Å²) in [5.41, 5.74) is 0. The predicted octanol–water partition coefficient (Wildman–Crippen LogP) is 1.32. The molecule has 1 nitrogen and oxygen atoms in total. The van der Waals surface area contributed by atoms with Gasteiger partial charge in [0, 0.05) is 6.04 Å². The summed E-state index contributed by atoms with van der Waals surface area (Å²) in [7, 11) is 4.41. The average Bonchev–Trinajstić information content (AvgIpc) is 2.05. The van der Waals surface area contributed by atoms with Crippen molar-refractivity contribution in [2.75, 3.05) is 13.6 Å². The first-order valence-corrected chi connectivity index (χ1v) is 4.63. The second-order valence-corrected chi connectivity index (χ2v) is 2.89. The van der Waals surface area contributed by atoms with E-state index < -0.39 is 0 Å². The van der Waals surface area contributed by atoms with Crippen molar-refractivity contribution >= 4 is 7.85 Å². The molecule has 1 unspecified atom stereocenters. The Labute approximate surface area is 71.9 Å². The molecule has 11 heavy (non-hydrogen) atoms. The van der Waals surface area contributed by atoms with E-state index in [1.165, 1.54) is 6.32 Å². The average molecular weight is 153 g/mol. The highest BCUT2D eigenvalue weighted by Gasteiger charge is 2.04. The molecule has 0 saturated carbocycles. The van der Waals surface area contributed by atoms with Crippen LogP contribution in [0.5, 0.6) is 0 Å². The van der Waals surface area contributed by atoms with Crippen LogP contribution >= 0.6 is 0 Å². The Morgan fingerprint density at radius 3 is 2.45 bits per heavy atom. The molecule has 0 N–H and O–H groups in total. The third kappa shape index (κ3) is 4.25. The fourth-order valence-corrected chi connectivity index (χ4v) is 1.12. The van der Waals surface area contributed by atoms with Gasteiger partial charge in [-0.15, -0.1) is 0 Å². The Bertz CT molecular complexity index is 112. The lowest BCUT2D eigenvalue weighted by Crippen LogP contribution is -2.29. The summed E-state index contributed by atoms with van der Waals surface area (Å²) in [6.45, 7) is 5.50. The lowest BCUT2D eigenvalue weighted by molar-refractivity contribution is 0.313. The van der Waals surface area contributed by atoms with Crippen molar-refractivity contribution in [2.45, 2.75) is 32.6 Å². The molecular weight excluding hydrogens is 133 g/mol. The minimum absolute atomic E-state index is 0.639. The molecule has 0 aliphatic heterocycles. The molecule has 0 heterocycles. The Hall–Kier alpha value is -0.235. The summed E-state index contributed by atoms with van der Waals surface area (Å²) in [4.78, 5) is 2.37. The summed E-state index contributed by atoms with van der Waals surface area (Å²) in [6, 6.07) is 0.639. The monoisotopic (exact) mass is 153 g/mol. The lowest BCUT2D eigenvalue weighted by Gasteiger charge is -2.22. The molecule has 0 aromatic heterocycles. The molecule has 2 heteroatoms. The number of hydrogen-bond donors (Lipinski definition) is 0. The van der Waals surface area contributed by atoms with Crippen molar-refractivity contribution in [3.63, 3.8) is 0 Å². The van der Waals surface area contributed by atoms with Crippen molar-refractivity contribution in [3.05, 3.63) is 12.2 Å². The number of nitrogens with zero attached hydrogens (tertiary/aromatic N) is 1. The molecule has 0 fully saturated rings. The smallest absolute Gasteiger partial charge is 0.103 e. The summed E-state index contributed by atoms with van der Waals surface area (Å²) in [6.07, 6.45) is 6.92. The maximum absolute atomic E-state index is 2.37. The van der Waals surface area contributed by atoms with Crippen LogP contribution in [0.2, 0.25) is 6.32 Å².